The molecule has 1 saturated heterocycles. The lowest BCUT2D eigenvalue weighted by Crippen LogP contribution is -2.46. The first-order valence-corrected chi connectivity index (χ1v) is 9.89. The summed E-state index contributed by atoms with van der Waals surface area (Å²) < 4.78 is 27.3. The Morgan fingerprint density at radius 2 is 2.16 bits per heavy atom. The number of pyridine rings is 1. The van der Waals surface area contributed by atoms with Gasteiger partial charge in [-0.1, -0.05) is 11.6 Å². The van der Waals surface area contributed by atoms with Gasteiger partial charge in [0.1, 0.15) is 11.5 Å². The number of fused-ring (bicyclic) bond motifs is 1. The average Bonchev–Trinajstić information content (AvgIpc) is 3.10. The van der Waals surface area contributed by atoms with E-state index in [1.54, 1.807) is 27.6 Å². The average molecular weight is 448 g/mol. The second-order valence-electron chi connectivity index (χ2n) is 7.09. The Hall–Kier alpha value is -3.17. The van der Waals surface area contributed by atoms with E-state index >= 15 is 0 Å². The SMILES string of the molecule is COC(=O)N1CCO[C@@H](Cc2c(-c3ccc(C(=O)O)cc3F)nc3cc(Cl)ccn23)C1. The van der Waals surface area contributed by atoms with E-state index in [9.17, 15) is 14.0 Å². The standard InChI is InChI=1S/C21H19ClFN3O5/c1-30-21(29)25-6-7-31-14(11-25)10-17-19(24-18-9-13(22)4-5-26(17)18)15-3-2-12(20(27)28)8-16(15)23/h2-5,8-9,14H,6-7,10-11H2,1H3,(H,27,28)/t14-/m0/s1. The normalized spacial score (nSPS) is 16.5. The first kappa shape index (κ1) is 21.1. The third kappa shape index (κ3) is 4.19. The lowest BCUT2D eigenvalue weighted by molar-refractivity contribution is -0.0241. The number of amides is 1. The van der Waals surface area contributed by atoms with Crippen LogP contribution in [0.2, 0.25) is 5.02 Å². The number of imidazole rings is 1. The fraction of sp³-hybridized carbons (Fsp3) is 0.286. The highest BCUT2D eigenvalue weighted by atomic mass is 35.5. The van der Waals surface area contributed by atoms with Gasteiger partial charge in [0.25, 0.3) is 0 Å². The molecule has 10 heteroatoms. The van der Waals surface area contributed by atoms with Crippen LogP contribution in [-0.2, 0) is 15.9 Å². The molecule has 1 fully saturated rings. The second kappa shape index (κ2) is 8.52. The zero-order chi connectivity index (χ0) is 22.1. The van der Waals surface area contributed by atoms with E-state index in [0.717, 1.165) is 6.07 Å². The third-order valence-corrected chi connectivity index (χ3v) is 5.39. The molecule has 1 aliphatic heterocycles. The van der Waals surface area contributed by atoms with Crippen molar-refractivity contribution in [2.75, 3.05) is 26.8 Å². The summed E-state index contributed by atoms with van der Waals surface area (Å²) in [6.07, 6.45) is 1.27. The number of aromatic carboxylic acids is 1. The fourth-order valence-corrected chi connectivity index (χ4v) is 3.83. The van der Waals surface area contributed by atoms with Crippen molar-refractivity contribution in [1.82, 2.24) is 14.3 Å². The Bertz CT molecular complexity index is 1170. The number of ether oxygens (including phenoxy) is 2. The number of rotatable bonds is 4. The molecule has 1 N–H and O–H groups in total. The first-order chi connectivity index (χ1) is 14.9. The van der Waals surface area contributed by atoms with Gasteiger partial charge in [0.2, 0.25) is 0 Å². The van der Waals surface area contributed by atoms with E-state index in [-0.39, 0.29) is 17.2 Å². The fourth-order valence-electron chi connectivity index (χ4n) is 3.67. The molecule has 4 rings (SSSR count). The summed E-state index contributed by atoms with van der Waals surface area (Å²) in [6.45, 7) is 1.08. The first-order valence-electron chi connectivity index (χ1n) is 9.51. The molecule has 3 aromatic rings. The minimum Gasteiger partial charge on any atom is -0.478 e. The summed E-state index contributed by atoms with van der Waals surface area (Å²) in [7, 11) is 1.32. The lowest BCUT2D eigenvalue weighted by Gasteiger charge is -2.32. The summed E-state index contributed by atoms with van der Waals surface area (Å²) in [5, 5.41) is 9.59. The third-order valence-electron chi connectivity index (χ3n) is 5.15. The zero-order valence-corrected chi connectivity index (χ0v) is 17.3. The topological polar surface area (TPSA) is 93.4 Å². The molecule has 0 spiro atoms. The molecule has 0 aliphatic carbocycles. The van der Waals surface area contributed by atoms with Crippen LogP contribution in [0.4, 0.5) is 9.18 Å². The predicted molar refractivity (Wildman–Crippen MR) is 110 cm³/mol. The number of carboxylic acid groups (broad SMARTS) is 1. The van der Waals surface area contributed by atoms with Crippen LogP contribution in [0.25, 0.3) is 16.9 Å². The van der Waals surface area contributed by atoms with Crippen molar-refractivity contribution in [2.45, 2.75) is 12.5 Å². The second-order valence-corrected chi connectivity index (χ2v) is 7.53. The van der Waals surface area contributed by atoms with Crippen LogP contribution in [0.5, 0.6) is 0 Å². The molecule has 0 unspecified atom stereocenters. The maximum Gasteiger partial charge on any atom is 0.409 e. The van der Waals surface area contributed by atoms with E-state index < -0.39 is 17.9 Å². The van der Waals surface area contributed by atoms with Gasteiger partial charge in [0.05, 0.1) is 43.3 Å². The zero-order valence-electron chi connectivity index (χ0n) is 16.5. The van der Waals surface area contributed by atoms with Crippen molar-refractivity contribution >= 4 is 29.3 Å². The highest BCUT2D eigenvalue weighted by Crippen LogP contribution is 2.30. The van der Waals surface area contributed by atoms with Crippen molar-refractivity contribution < 1.29 is 28.6 Å². The number of methoxy groups -OCH3 is 1. The van der Waals surface area contributed by atoms with Crippen LogP contribution in [0, 0.1) is 5.82 Å². The quantitative estimate of drug-likeness (QED) is 0.658. The number of hydrogen-bond donors (Lipinski definition) is 1. The molecule has 3 heterocycles. The molecule has 8 nitrogen and oxygen atoms in total. The molecule has 1 aromatic carbocycles. The number of carbonyl (C=O) groups is 2. The number of hydrogen-bond acceptors (Lipinski definition) is 5. The van der Waals surface area contributed by atoms with Crippen molar-refractivity contribution in [3.8, 4) is 11.3 Å². The van der Waals surface area contributed by atoms with Crippen LogP contribution in [-0.4, -0.2) is 64.4 Å². The van der Waals surface area contributed by atoms with Crippen LogP contribution >= 0.6 is 11.6 Å². The van der Waals surface area contributed by atoms with Gasteiger partial charge in [-0.2, -0.15) is 0 Å². The molecule has 31 heavy (non-hydrogen) atoms. The van der Waals surface area contributed by atoms with Gasteiger partial charge in [0, 0.05) is 35.8 Å². The van der Waals surface area contributed by atoms with Gasteiger partial charge >= 0.3 is 12.1 Å². The highest BCUT2D eigenvalue weighted by Gasteiger charge is 2.28. The van der Waals surface area contributed by atoms with E-state index in [1.165, 1.54) is 19.2 Å². The molecule has 1 amide bonds. The van der Waals surface area contributed by atoms with Gasteiger partial charge < -0.3 is 23.9 Å². The Morgan fingerprint density at radius 3 is 2.87 bits per heavy atom. The Kier molecular flexibility index (Phi) is 5.79. The number of morpholine rings is 1. The molecular weight excluding hydrogens is 429 g/mol. The molecule has 0 bridgehead atoms. The summed E-state index contributed by atoms with van der Waals surface area (Å²) in [5.41, 5.74) is 1.54. The predicted octanol–water partition coefficient (Wildman–Crippen LogP) is 3.50. The molecular formula is C21H19ClFN3O5. The number of halogens is 2. The Balaban J connectivity index is 1.76. The van der Waals surface area contributed by atoms with Gasteiger partial charge in [-0.3, -0.25) is 0 Å². The molecule has 0 saturated carbocycles. The van der Waals surface area contributed by atoms with Gasteiger partial charge in [-0.15, -0.1) is 0 Å². The number of aromatic nitrogens is 2. The molecule has 1 atom stereocenters. The molecule has 2 aromatic heterocycles. The summed E-state index contributed by atoms with van der Waals surface area (Å²) in [5.74, 6) is -1.91. The van der Waals surface area contributed by atoms with Crippen molar-refractivity contribution in [3.05, 3.63) is 58.6 Å². The Labute approximate surface area is 181 Å². The minimum atomic E-state index is -1.22. The maximum atomic E-state index is 14.8. The summed E-state index contributed by atoms with van der Waals surface area (Å²) in [6, 6.07) is 7.04. The smallest absolute Gasteiger partial charge is 0.409 e. The van der Waals surface area contributed by atoms with E-state index in [2.05, 4.69) is 4.98 Å². The van der Waals surface area contributed by atoms with Crippen LogP contribution in [0.3, 0.4) is 0 Å². The lowest BCUT2D eigenvalue weighted by atomic mass is 10.0. The number of carboxylic acids is 1. The van der Waals surface area contributed by atoms with Gasteiger partial charge in [-0.05, 0) is 24.3 Å². The number of benzene rings is 1. The Morgan fingerprint density at radius 1 is 1.35 bits per heavy atom. The van der Waals surface area contributed by atoms with Gasteiger partial charge in [0.15, 0.2) is 0 Å². The molecule has 162 valence electrons. The maximum absolute atomic E-state index is 14.8. The largest absolute Gasteiger partial charge is 0.478 e. The number of nitrogens with zero attached hydrogens (tertiary/aromatic N) is 3. The summed E-state index contributed by atoms with van der Waals surface area (Å²) in [4.78, 5) is 29.2. The van der Waals surface area contributed by atoms with Crippen LogP contribution in [0.15, 0.2) is 36.5 Å². The van der Waals surface area contributed by atoms with E-state index in [0.29, 0.717) is 48.2 Å². The minimum absolute atomic E-state index is 0.154. The van der Waals surface area contributed by atoms with Gasteiger partial charge in [-0.25, -0.2) is 19.0 Å². The van der Waals surface area contributed by atoms with Crippen molar-refractivity contribution in [2.24, 2.45) is 0 Å². The number of carbonyl (C=O) groups excluding carboxylic acids is 1. The van der Waals surface area contributed by atoms with Crippen molar-refractivity contribution in [3.63, 3.8) is 0 Å². The van der Waals surface area contributed by atoms with Crippen molar-refractivity contribution in [1.29, 1.82) is 0 Å². The monoisotopic (exact) mass is 447 g/mol. The summed E-state index contributed by atoms with van der Waals surface area (Å²) >= 11 is 6.10. The van der Waals surface area contributed by atoms with E-state index in [1.807, 2.05) is 0 Å². The molecule has 0 radical (unpaired) electrons. The van der Waals surface area contributed by atoms with Crippen LogP contribution in [0.1, 0.15) is 16.1 Å². The highest BCUT2D eigenvalue weighted by molar-refractivity contribution is 6.30. The van der Waals surface area contributed by atoms with E-state index in [4.69, 9.17) is 26.2 Å². The molecule has 1 aliphatic rings. The van der Waals surface area contributed by atoms with Crippen LogP contribution < -0.4 is 0 Å².